The van der Waals surface area contributed by atoms with Crippen molar-refractivity contribution in [2.24, 2.45) is 0 Å². The van der Waals surface area contributed by atoms with Crippen LogP contribution < -0.4 is 5.32 Å². The molecule has 3 rings (SSSR count). The van der Waals surface area contributed by atoms with Crippen LogP contribution in [-0.4, -0.2) is 22.4 Å². The topological polar surface area (TPSA) is 54.9 Å². The molecule has 4 nitrogen and oxygen atoms in total. The second-order valence-corrected chi connectivity index (χ2v) is 5.19. The molecule has 0 aliphatic heterocycles. The molecule has 3 aromatic rings. The first kappa shape index (κ1) is 15.6. The highest BCUT2D eigenvalue weighted by Gasteiger charge is 2.13. The van der Waals surface area contributed by atoms with E-state index >= 15 is 0 Å². The zero-order valence-electron chi connectivity index (χ0n) is 13.1. The molecule has 0 saturated heterocycles. The van der Waals surface area contributed by atoms with Gasteiger partial charge in [0.05, 0.1) is 11.4 Å². The average Bonchev–Trinajstić information content (AvgIpc) is 2.67. The van der Waals surface area contributed by atoms with Gasteiger partial charge >= 0.3 is 0 Å². The van der Waals surface area contributed by atoms with E-state index in [0.717, 1.165) is 11.1 Å². The molecule has 0 saturated carbocycles. The van der Waals surface area contributed by atoms with E-state index < -0.39 is 0 Å². The number of hydrogen-bond donors (Lipinski definition) is 1. The number of carbonyl (C=O) groups is 1. The lowest BCUT2D eigenvalue weighted by Gasteiger charge is -2.08. The predicted octanol–water partition coefficient (Wildman–Crippen LogP) is 3.73. The van der Waals surface area contributed by atoms with Gasteiger partial charge in [-0.1, -0.05) is 66.7 Å². The SMILES string of the molecule is C=CCNC(=O)c1nc(-c2ccccc2)cc(-c2ccccc2)n1. The molecule has 0 bridgehead atoms. The Bertz CT molecular complexity index is 788. The Kier molecular flexibility index (Phi) is 4.77. The standard InChI is InChI=1S/C20H17N3O/c1-2-13-21-20(24)19-22-17(15-9-5-3-6-10-15)14-18(23-19)16-11-7-4-8-12-16/h2-12,14H,1,13H2,(H,21,24). The monoisotopic (exact) mass is 315 g/mol. The predicted molar refractivity (Wildman–Crippen MR) is 95.4 cm³/mol. The summed E-state index contributed by atoms with van der Waals surface area (Å²) in [5, 5.41) is 2.72. The van der Waals surface area contributed by atoms with E-state index in [1.165, 1.54) is 0 Å². The van der Waals surface area contributed by atoms with E-state index in [4.69, 9.17) is 0 Å². The van der Waals surface area contributed by atoms with Crippen molar-refractivity contribution >= 4 is 5.91 Å². The van der Waals surface area contributed by atoms with Crippen LogP contribution in [0.15, 0.2) is 79.4 Å². The molecule has 0 radical (unpaired) electrons. The van der Waals surface area contributed by atoms with Crippen LogP contribution in [0.25, 0.3) is 22.5 Å². The van der Waals surface area contributed by atoms with Gasteiger partial charge in [0, 0.05) is 17.7 Å². The smallest absolute Gasteiger partial charge is 0.289 e. The van der Waals surface area contributed by atoms with Gasteiger partial charge in [-0.15, -0.1) is 6.58 Å². The van der Waals surface area contributed by atoms with Gasteiger partial charge in [0.2, 0.25) is 5.82 Å². The van der Waals surface area contributed by atoms with Crippen LogP contribution in [-0.2, 0) is 0 Å². The van der Waals surface area contributed by atoms with Gasteiger partial charge in [-0.05, 0) is 6.07 Å². The maximum atomic E-state index is 12.3. The lowest BCUT2D eigenvalue weighted by Crippen LogP contribution is -2.25. The number of rotatable bonds is 5. The Balaban J connectivity index is 2.09. The maximum Gasteiger partial charge on any atom is 0.289 e. The molecule has 0 atom stereocenters. The molecule has 118 valence electrons. The van der Waals surface area contributed by atoms with Crippen LogP contribution in [0.4, 0.5) is 0 Å². The van der Waals surface area contributed by atoms with Crippen LogP contribution >= 0.6 is 0 Å². The molecule has 1 heterocycles. The highest BCUT2D eigenvalue weighted by molar-refractivity contribution is 5.91. The Hall–Kier alpha value is -3.27. The second kappa shape index (κ2) is 7.33. The van der Waals surface area contributed by atoms with Crippen LogP contribution in [0.1, 0.15) is 10.6 Å². The fourth-order valence-electron chi connectivity index (χ4n) is 2.31. The van der Waals surface area contributed by atoms with Crippen LogP contribution in [0.2, 0.25) is 0 Å². The van der Waals surface area contributed by atoms with Crippen molar-refractivity contribution < 1.29 is 4.79 Å². The normalized spacial score (nSPS) is 10.2. The van der Waals surface area contributed by atoms with E-state index in [1.807, 2.05) is 66.7 Å². The van der Waals surface area contributed by atoms with Gasteiger partial charge in [-0.2, -0.15) is 0 Å². The van der Waals surface area contributed by atoms with Crippen molar-refractivity contribution in [3.05, 3.63) is 85.2 Å². The van der Waals surface area contributed by atoms with E-state index in [2.05, 4.69) is 21.9 Å². The molecule has 0 spiro atoms. The minimum Gasteiger partial charge on any atom is -0.346 e. The summed E-state index contributed by atoms with van der Waals surface area (Å²) in [5.41, 5.74) is 3.31. The largest absolute Gasteiger partial charge is 0.346 e. The molecular weight excluding hydrogens is 298 g/mol. The van der Waals surface area contributed by atoms with E-state index in [-0.39, 0.29) is 11.7 Å². The van der Waals surface area contributed by atoms with Crippen LogP contribution in [0.5, 0.6) is 0 Å². The Morgan fingerprint density at radius 2 is 1.42 bits per heavy atom. The first-order chi connectivity index (χ1) is 11.8. The molecule has 1 aromatic heterocycles. The Labute approximate surface area is 140 Å². The average molecular weight is 315 g/mol. The highest BCUT2D eigenvalue weighted by Crippen LogP contribution is 2.23. The number of carbonyl (C=O) groups excluding carboxylic acids is 1. The van der Waals surface area contributed by atoms with Gasteiger partial charge in [-0.25, -0.2) is 9.97 Å². The minimum absolute atomic E-state index is 0.150. The molecule has 2 aromatic carbocycles. The second-order valence-electron chi connectivity index (χ2n) is 5.19. The molecule has 1 N–H and O–H groups in total. The highest BCUT2D eigenvalue weighted by atomic mass is 16.2. The van der Waals surface area contributed by atoms with Crippen molar-refractivity contribution in [3.63, 3.8) is 0 Å². The summed E-state index contributed by atoms with van der Waals surface area (Å²) in [6.45, 7) is 3.97. The third-order valence-corrected chi connectivity index (χ3v) is 3.48. The molecule has 1 amide bonds. The van der Waals surface area contributed by atoms with Crippen molar-refractivity contribution in [1.29, 1.82) is 0 Å². The van der Waals surface area contributed by atoms with Crippen molar-refractivity contribution in [3.8, 4) is 22.5 Å². The first-order valence-electron chi connectivity index (χ1n) is 7.67. The number of nitrogens with zero attached hydrogens (tertiary/aromatic N) is 2. The summed E-state index contributed by atoms with van der Waals surface area (Å²) in [4.78, 5) is 21.1. The fourth-order valence-corrected chi connectivity index (χ4v) is 2.31. The first-order valence-corrected chi connectivity index (χ1v) is 7.67. The number of benzene rings is 2. The molecular formula is C20H17N3O. The quantitative estimate of drug-likeness (QED) is 0.730. The van der Waals surface area contributed by atoms with Crippen LogP contribution in [0, 0.1) is 0 Å². The van der Waals surface area contributed by atoms with Gasteiger partial charge in [0.1, 0.15) is 0 Å². The lowest BCUT2D eigenvalue weighted by atomic mass is 10.1. The molecule has 0 aliphatic carbocycles. The van der Waals surface area contributed by atoms with E-state index in [9.17, 15) is 4.79 Å². The summed E-state index contributed by atoms with van der Waals surface area (Å²) in [7, 11) is 0. The summed E-state index contributed by atoms with van der Waals surface area (Å²) >= 11 is 0. The number of hydrogen-bond acceptors (Lipinski definition) is 3. The Morgan fingerprint density at radius 1 is 0.917 bits per heavy atom. The van der Waals surface area contributed by atoms with Crippen molar-refractivity contribution in [2.45, 2.75) is 0 Å². The summed E-state index contributed by atoms with van der Waals surface area (Å²) in [6, 6.07) is 21.4. The zero-order valence-corrected chi connectivity index (χ0v) is 13.1. The summed E-state index contributed by atoms with van der Waals surface area (Å²) < 4.78 is 0. The van der Waals surface area contributed by atoms with Gasteiger partial charge in [0.25, 0.3) is 5.91 Å². The molecule has 0 unspecified atom stereocenters. The third-order valence-electron chi connectivity index (χ3n) is 3.48. The summed E-state index contributed by atoms with van der Waals surface area (Å²) in [5.74, 6) is -0.165. The molecule has 0 fully saturated rings. The molecule has 0 aliphatic rings. The van der Waals surface area contributed by atoms with Gasteiger partial charge < -0.3 is 5.32 Å². The third kappa shape index (κ3) is 3.55. The lowest BCUT2D eigenvalue weighted by molar-refractivity contribution is 0.0948. The molecule has 4 heteroatoms. The van der Waals surface area contributed by atoms with Gasteiger partial charge in [-0.3, -0.25) is 4.79 Å². The van der Waals surface area contributed by atoms with Gasteiger partial charge in [0.15, 0.2) is 0 Å². The van der Waals surface area contributed by atoms with Crippen molar-refractivity contribution in [1.82, 2.24) is 15.3 Å². The Morgan fingerprint density at radius 3 is 1.88 bits per heavy atom. The number of amides is 1. The van der Waals surface area contributed by atoms with Crippen molar-refractivity contribution in [2.75, 3.05) is 6.54 Å². The number of aromatic nitrogens is 2. The zero-order chi connectivity index (χ0) is 16.8. The van der Waals surface area contributed by atoms with E-state index in [0.29, 0.717) is 17.9 Å². The van der Waals surface area contributed by atoms with E-state index in [1.54, 1.807) is 6.08 Å². The molecule has 24 heavy (non-hydrogen) atoms. The summed E-state index contributed by atoms with van der Waals surface area (Å²) in [6.07, 6.45) is 1.62. The minimum atomic E-state index is -0.315. The fraction of sp³-hybridized carbons (Fsp3) is 0.0500. The maximum absolute atomic E-state index is 12.3. The van der Waals surface area contributed by atoms with Crippen LogP contribution in [0.3, 0.4) is 0 Å². The number of nitrogens with one attached hydrogen (secondary N) is 1.